The van der Waals surface area contributed by atoms with Crippen molar-refractivity contribution in [3.05, 3.63) is 0 Å². The molecule has 5 heteroatoms. The Morgan fingerprint density at radius 3 is 2.67 bits per heavy atom. The maximum Gasteiger partial charge on any atom is 0.226 e. The highest BCUT2D eigenvalue weighted by Gasteiger charge is 2.37. The van der Waals surface area contributed by atoms with Gasteiger partial charge in [-0.05, 0) is 38.0 Å². The summed E-state index contributed by atoms with van der Waals surface area (Å²) in [5.41, 5.74) is 5.72. The van der Waals surface area contributed by atoms with Crippen LogP contribution in [0.1, 0.15) is 45.4 Å². The van der Waals surface area contributed by atoms with Gasteiger partial charge in [0.1, 0.15) is 0 Å². The molecule has 5 nitrogen and oxygen atoms in total. The van der Waals surface area contributed by atoms with Crippen molar-refractivity contribution in [1.29, 1.82) is 0 Å². The topological polar surface area (TPSA) is 78.9 Å². The molecule has 18 heavy (non-hydrogen) atoms. The monoisotopic (exact) mass is 253 g/mol. The van der Waals surface area contributed by atoms with Gasteiger partial charge in [0.2, 0.25) is 5.91 Å². The number of nitrogens with two attached hydrogens (primary N) is 1. The van der Waals surface area contributed by atoms with Crippen LogP contribution in [0.2, 0.25) is 0 Å². The number of amidine groups is 1. The van der Waals surface area contributed by atoms with E-state index >= 15 is 0 Å². The van der Waals surface area contributed by atoms with Crippen LogP contribution in [0.3, 0.4) is 0 Å². The lowest BCUT2D eigenvalue weighted by atomic mass is 9.93. The molecule has 102 valence electrons. The molecule has 0 spiro atoms. The van der Waals surface area contributed by atoms with Gasteiger partial charge in [0, 0.05) is 12.5 Å². The Morgan fingerprint density at radius 1 is 1.28 bits per heavy atom. The van der Waals surface area contributed by atoms with E-state index in [0.717, 1.165) is 45.1 Å². The summed E-state index contributed by atoms with van der Waals surface area (Å²) in [4.78, 5) is 14.4. The molecule has 0 radical (unpaired) electrons. The van der Waals surface area contributed by atoms with E-state index in [-0.39, 0.29) is 23.7 Å². The number of piperidine rings is 1. The van der Waals surface area contributed by atoms with Crippen molar-refractivity contribution in [3.8, 4) is 0 Å². The van der Waals surface area contributed by atoms with E-state index in [0.29, 0.717) is 5.92 Å². The fourth-order valence-corrected chi connectivity index (χ4v) is 3.29. The van der Waals surface area contributed by atoms with Crippen LogP contribution in [0.15, 0.2) is 5.16 Å². The zero-order valence-electron chi connectivity index (χ0n) is 11.0. The molecule has 3 atom stereocenters. The second-order valence-corrected chi connectivity index (χ2v) is 5.58. The molecule has 1 heterocycles. The number of amides is 1. The average Bonchev–Trinajstić information content (AvgIpc) is 2.83. The number of nitrogens with zero attached hydrogens (tertiary/aromatic N) is 2. The predicted molar refractivity (Wildman–Crippen MR) is 69.3 cm³/mol. The minimum absolute atomic E-state index is 0.136. The normalized spacial score (nSPS) is 33.7. The number of rotatable bonds is 2. The highest BCUT2D eigenvalue weighted by atomic mass is 16.4. The summed E-state index contributed by atoms with van der Waals surface area (Å²) < 4.78 is 0. The molecule has 3 unspecified atom stereocenters. The highest BCUT2D eigenvalue weighted by molar-refractivity contribution is 5.91. The first-order valence-corrected chi connectivity index (χ1v) is 6.93. The first-order valence-electron chi connectivity index (χ1n) is 6.93. The van der Waals surface area contributed by atoms with Crippen LogP contribution in [0.25, 0.3) is 0 Å². The van der Waals surface area contributed by atoms with Crippen molar-refractivity contribution in [3.63, 3.8) is 0 Å². The largest absolute Gasteiger partial charge is 0.409 e. The molecule has 0 bridgehead atoms. The van der Waals surface area contributed by atoms with Crippen molar-refractivity contribution < 1.29 is 10.0 Å². The second kappa shape index (κ2) is 5.59. The minimum atomic E-state index is -0.205. The molecule has 2 aliphatic rings. The number of carbonyl (C=O) groups is 1. The van der Waals surface area contributed by atoms with Crippen LogP contribution in [0.4, 0.5) is 0 Å². The Morgan fingerprint density at radius 2 is 2.06 bits per heavy atom. The molecule has 0 aromatic heterocycles. The molecule has 1 saturated heterocycles. The molecule has 0 aromatic carbocycles. The number of carbonyl (C=O) groups excluding carboxylic acids is 1. The fraction of sp³-hybridized carbons (Fsp3) is 0.846. The maximum absolute atomic E-state index is 12.6. The molecular formula is C13H23N3O2. The van der Waals surface area contributed by atoms with Gasteiger partial charge in [0.25, 0.3) is 0 Å². The Labute approximate surface area is 108 Å². The summed E-state index contributed by atoms with van der Waals surface area (Å²) in [6.45, 7) is 2.89. The highest BCUT2D eigenvalue weighted by Crippen LogP contribution is 2.34. The maximum atomic E-state index is 12.6. The fourth-order valence-electron chi connectivity index (χ4n) is 3.29. The molecule has 2 fully saturated rings. The van der Waals surface area contributed by atoms with E-state index < -0.39 is 0 Å². The zero-order valence-corrected chi connectivity index (χ0v) is 11.0. The van der Waals surface area contributed by atoms with Gasteiger partial charge in [-0.1, -0.05) is 18.5 Å². The van der Waals surface area contributed by atoms with Gasteiger partial charge >= 0.3 is 0 Å². The molecule has 3 N–H and O–H groups in total. The zero-order chi connectivity index (χ0) is 13.1. The van der Waals surface area contributed by atoms with Crippen molar-refractivity contribution in [2.24, 2.45) is 22.7 Å². The minimum Gasteiger partial charge on any atom is -0.409 e. The van der Waals surface area contributed by atoms with Crippen LogP contribution in [0, 0.1) is 11.8 Å². The standard InChI is InChI=1S/C13H23N3O2/c1-9-5-4-6-10(9)13(17)16-8-3-2-7-11(16)12(14)15-18/h9-11,18H,2-8H2,1H3,(H2,14,15). The SMILES string of the molecule is CC1CCCC1C(=O)N1CCCCC1C(N)=NO. The third kappa shape index (κ3) is 2.44. The molecule has 1 aliphatic carbocycles. The van der Waals surface area contributed by atoms with Crippen molar-refractivity contribution >= 4 is 11.7 Å². The van der Waals surface area contributed by atoms with Gasteiger partial charge in [-0.15, -0.1) is 0 Å². The van der Waals surface area contributed by atoms with E-state index in [2.05, 4.69) is 12.1 Å². The number of likely N-dealkylation sites (tertiary alicyclic amines) is 1. The van der Waals surface area contributed by atoms with Crippen LogP contribution >= 0.6 is 0 Å². The summed E-state index contributed by atoms with van der Waals surface area (Å²) in [5, 5.41) is 11.9. The molecule has 1 aliphatic heterocycles. The summed E-state index contributed by atoms with van der Waals surface area (Å²) >= 11 is 0. The summed E-state index contributed by atoms with van der Waals surface area (Å²) in [5.74, 6) is 0.981. The van der Waals surface area contributed by atoms with Crippen LogP contribution in [-0.4, -0.2) is 34.4 Å². The summed E-state index contributed by atoms with van der Waals surface area (Å²) in [6, 6.07) is -0.205. The van der Waals surface area contributed by atoms with E-state index in [1.807, 2.05) is 4.90 Å². The lowest BCUT2D eigenvalue weighted by molar-refractivity contribution is -0.138. The van der Waals surface area contributed by atoms with Crippen LogP contribution < -0.4 is 5.73 Å². The van der Waals surface area contributed by atoms with E-state index in [9.17, 15) is 4.79 Å². The number of hydrogen-bond donors (Lipinski definition) is 2. The average molecular weight is 253 g/mol. The molecule has 2 rings (SSSR count). The Hall–Kier alpha value is -1.26. The van der Waals surface area contributed by atoms with Crippen LogP contribution in [0.5, 0.6) is 0 Å². The first-order chi connectivity index (χ1) is 8.65. The van der Waals surface area contributed by atoms with Gasteiger partial charge < -0.3 is 15.8 Å². The first kappa shape index (κ1) is 13.2. The molecule has 1 saturated carbocycles. The molecule has 0 aromatic rings. The molecular weight excluding hydrogens is 230 g/mol. The summed E-state index contributed by atoms with van der Waals surface area (Å²) in [7, 11) is 0. The van der Waals surface area contributed by atoms with Crippen molar-refractivity contribution in [2.45, 2.75) is 51.5 Å². The second-order valence-electron chi connectivity index (χ2n) is 5.58. The van der Waals surface area contributed by atoms with Crippen LogP contribution in [-0.2, 0) is 4.79 Å². The van der Waals surface area contributed by atoms with Gasteiger partial charge in [0.05, 0.1) is 6.04 Å². The van der Waals surface area contributed by atoms with Gasteiger partial charge in [-0.3, -0.25) is 4.79 Å². The van der Waals surface area contributed by atoms with Gasteiger partial charge in [-0.25, -0.2) is 0 Å². The molecule has 1 amide bonds. The number of hydrogen-bond acceptors (Lipinski definition) is 3. The quantitative estimate of drug-likeness (QED) is 0.339. The Kier molecular flexibility index (Phi) is 4.09. The van der Waals surface area contributed by atoms with Crippen molar-refractivity contribution in [1.82, 2.24) is 4.90 Å². The predicted octanol–water partition coefficient (Wildman–Crippen LogP) is 1.55. The van der Waals surface area contributed by atoms with E-state index in [1.54, 1.807) is 0 Å². The third-order valence-electron chi connectivity index (χ3n) is 4.42. The van der Waals surface area contributed by atoms with E-state index in [4.69, 9.17) is 10.9 Å². The third-order valence-corrected chi connectivity index (χ3v) is 4.42. The van der Waals surface area contributed by atoms with E-state index in [1.165, 1.54) is 0 Å². The Balaban J connectivity index is 2.11. The van der Waals surface area contributed by atoms with Gasteiger partial charge in [0.15, 0.2) is 5.84 Å². The lowest BCUT2D eigenvalue weighted by Crippen LogP contribution is -2.52. The lowest BCUT2D eigenvalue weighted by Gasteiger charge is -2.37. The Bertz CT molecular complexity index is 343. The van der Waals surface area contributed by atoms with Gasteiger partial charge in [-0.2, -0.15) is 0 Å². The van der Waals surface area contributed by atoms with Crippen molar-refractivity contribution in [2.75, 3.05) is 6.54 Å². The summed E-state index contributed by atoms with van der Waals surface area (Å²) in [6.07, 6.45) is 6.12. The number of oxime groups is 1. The smallest absolute Gasteiger partial charge is 0.226 e.